The van der Waals surface area contributed by atoms with E-state index < -0.39 is 0 Å². The molecule has 2 N–H and O–H groups in total. The van der Waals surface area contributed by atoms with Gasteiger partial charge in [0.25, 0.3) is 0 Å². The minimum atomic E-state index is -0.264. The Kier molecular flexibility index (Phi) is 8.75. The number of hydrogen-bond acceptors (Lipinski definition) is 3. The van der Waals surface area contributed by atoms with Crippen molar-refractivity contribution in [1.29, 1.82) is 0 Å². The standard InChI is InChI=1S/C9H23NO2Si/c1-4-11-9(12-5-2)13-7-6-8(3)10/h8-9H,4-7,10,13H2,1-3H3. The Morgan fingerprint density at radius 3 is 2.15 bits per heavy atom. The van der Waals surface area contributed by atoms with Crippen LogP contribution in [0.4, 0.5) is 0 Å². The quantitative estimate of drug-likeness (QED) is 0.468. The summed E-state index contributed by atoms with van der Waals surface area (Å²) in [6.07, 6.45) is 1.10. The van der Waals surface area contributed by atoms with E-state index in [1.807, 2.05) is 20.8 Å². The summed E-state index contributed by atoms with van der Waals surface area (Å²) in [5.41, 5.74) is 5.67. The van der Waals surface area contributed by atoms with Crippen molar-refractivity contribution in [3.8, 4) is 0 Å². The zero-order valence-corrected chi connectivity index (χ0v) is 10.5. The van der Waals surface area contributed by atoms with Gasteiger partial charge in [0, 0.05) is 19.3 Å². The summed E-state index contributed by atoms with van der Waals surface area (Å²) >= 11 is 0. The fourth-order valence-corrected chi connectivity index (χ4v) is 3.21. The molecule has 0 aliphatic carbocycles. The summed E-state index contributed by atoms with van der Waals surface area (Å²) in [7, 11) is -0.264. The molecule has 0 aliphatic rings. The molecule has 0 saturated heterocycles. The minimum absolute atomic E-state index is 0.105. The predicted molar refractivity (Wildman–Crippen MR) is 58.7 cm³/mol. The lowest BCUT2D eigenvalue weighted by Gasteiger charge is -2.16. The molecule has 0 aliphatic heterocycles. The molecule has 4 heteroatoms. The molecular formula is C9H23NO2Si. The fraction of sp³-hybridized carbons (Fsp3) is 1.00. The maximum Gasteiger partial charge on any atom is 0.134 e. The zero-order chi connectivity index (χ0) is 10.1. The Labute approximate surface area is 83.8 Å². The number of nitrogens with two attached hydrogens (primary N) is 1. The first kappa shape index (κ1) is 13.1. The summed E-state index contributed by atoms with van der Waals surface area (Å²) < 4.78 is 10.9. The van der Waals surface area contributed by atoms with Crippen LogP contribution in [0.3, 0.4) is 0 Å². The fourth-order valence-electron chi connectivity index (χ4n) is 1.19. The highest BCUT2D eigenvalue weighted by molar-refractivity contribution is 6.36. The van der Waals surface area contributed by atoms with Crippen LogP contribution in [0.15, 0.2) is 0 Å². The van der Waals surface area contributed by atoms with Gasteiger partial charge in [-0.3, -0.25) is 0 Å². The van der Waals surface area contributed by atoms with E-state index in [4.69, 9.17) is 15.2 Å². The topological polar surface area (TPSA) is 44.5 Å². The van der Waals surface area contributed by atoms with Crippen molar-refractivity contribution in [3.63, 3.8) is 0 Å². The molecule has 0 aromatic rings. The Bertz CT molecular complexity index is 106. The summed E-state index contributed by atoms with van der Waals surface area (Å²) in [6.45, 7) is 7.55. The Morgan fingerprint density at radius 2 is 1.77 bits per heavy atom. The van der Waals surface area contributed by atoms with Crippen molar-refractivity contribution in [1.82, 2.24) is 0 Å². The third-order valence-corrected chi connectivity index (χ3v) is 3.56. The highest BCUT2D eigenvalue weighted by atomic mass is 28.2. The second-order valence-corrected chi connectivity index (χ2v) is 5.20. The monoisotopic (exact) mass is 205 g/mol. The first-order chi connectivity index (χ1) is 6.20. The SMILES string of the molecule is CCOC(OCC)[SiH2]CCC(C)N. The highest BCUT2D eigenvalue weighted by Crippen LogP contribution is 2.00. The molecule has 1 atom stereocenters. The van der Waals surface area contributed by atoms with Gasteiger partial charge in [-0.05, 0) is 27.2 Å². The molecule has 80 valence electrons. The van der Waals surface area contributed by atoms with Crippen molar-refractivity contribution < 1.29 is 9.47 Å². The van der Waals surface area contributed by atoms with Gasteiger partial charge in [-0.2, -0.15) is 0 Å². The smallest absolute Gasteiger partial charge is 0.134 e. The maximum absolute atomic E-state index is 5.67. The summed E-state index contributed by atoms with van der Waals surface area (Å²) in [6, 6.07) is 1.53. The number of hydrogen-bond donors (Lipinski definition) is 1. The molecular weight excluding hydrogens is 182 g/mol. The lowest BCUT2D eigenvalue weighted by molar-refractivity contribution is -0.0827. The van der Waals surface area contributed by atoms with Crippen LogP contribution in [0.2, 0.25) is 6.04 Å². The van der Waals surface area contributed by atoms with E-state index in [1.165, 1.54) is 6.04 Å². The third kappa shape index (κ3) is 8.43. The van der Waals surface area contributed by atoms with Crippen molar-refractivity contribution in [2.24, 2.45) is 5.73 Å². The van der Waals surface area contributed by atoms with Crippen LogP contribution in [0.5, 0.6) is 0 Å². The van der Waals surface area contributed by atoms with Crippen molar-refractivity contribution >= 4 is 9.52 Å². The van der Waals surface area contributed by atoms with Gasteiger partial charge in [0.05, 0.1) is 9.52 Å². The van der Waals surface area contributed by atoms with Gasteiger partial charge < -0.3 is 15.2 Å². The molecule has 3 nitrogen and oxygen atoms in total. The van der Waals surface area contributed by atoms with Gasteiger partial charge in [-0.15, -0.1) is 0 Å². The molecule has 13 heavy (non-hydrogen) atoms. The van der Waals surface area contributed by atoms with Crippen LogP contribution < -0.4 is 5.73 Å². The van der Waals surface area contributed by atoms with Crippen LogP contribution >= 0.6 is 0 Å². The van der Waals surface area contributed by atoms with E-state index in [-0.39, 0.29) is 15.4 Å². The van der Waals surface area contributed by atoms with Crippen LogP contribution in [-0.2, 0) is 9.47 Å². The molecule has 0 saturated carbocycles. The Hall–Kier alpha value is 0.0969. The van der Waals surface area contributed by atoms with Crippen molar-refractivity contribution in [3.05, 3.63) is 0 Å². The van der Waals surface area contributed by atoms with Gasteiger partial charge in [0.2, 0.25) is 0 Å². The maximum atomic E-state index is 5.67. The molecule has 0 spiro atoms. The van der Waals surface area contributed by atoms with Crippen molar-refractivity contribution in [2.45, 2.75) is 45.2 Å². The van der Waals surface area contributed by atoms with Gasteiger partial charge in [-0.25, -0.2) is 0 Å². The van der Waals surface area contributed by atoms with Crippen LogP contribution in [-0.4, -0.2) is 34.7 Å². The second kappa shape index (κ2) is 8.68. The van der Waals surface area contributed by atoms with Crippen molar-refractivity contribution in [2.75, 3.05) is 13.2 Å². The van der Waals surface area contributed by atoms with Gasteiger partial charge >= 0.3 is 0 Å². The second-order valence-electron chi connectivity index (χ2n) is 3.25. The van der Waals surface area contributed by atoms with Crippen LogP contribution in [0, 0.1) is 0 Å². The van der Waals surface area contributed by atoms with E-state index in [1.54, 1.807) is 0 Å². The summed E-state index contributed by atoms with van der Waals surface area (Å²) in [4.78, 5) is 0. The molecule has 0 fully saturated rings. The molecule has 0 rings (SSSR count). The molecule has 0 bridgehead atoms. The van der Waals surface area contributed by atoms with Crippen LogP contribution in [0.25, 0.3) is 0 Å². The van der Waals surface area contributed by atoms with Gasteiger partial charge in [0.15, 0.2) is 0 Å². The summed E-state index contributed by atoms with van der Waals surface area (Å²) in [5.74, 6) is 0.105. The zero-order valence-electron chi connectivity index (χ0n) is 9.08. The van der Waals surface area contributed by atoms with Crippen LogP contribution in [0.1, 0.15) is 27.2 Å². The van der Waals surface area contributed by atoms with E-state index in [9.17, 15) is 0 Å². The van der Waals surface area contributed by atoms with E-state index in [0.29, 0.717) is 6.04 Å². The average molecular weight is 205 g/mol. The molecule has 0 aromatic carbocycles. The lowest BCUT2D eigenvalue weighted by Crippen LogP contribution is -2.26. The van der Waals surface area contributed by atoms with E-state index >= 15 is 0 Å². The Morgan fingerprint density at radius 1 is 1.23 bits per heavy atom. The number of rotatable bonds is 8. The first-order valence-electron chi connectivity index (χ1n) is 5.19. The largest absolute Gasteiger partial charge is 0.357 e. The van der Waals surface area contributed by atoms with E-state index in [0.717, 1.165) is 19.6 Å². The molecule has 0 aromatic heterocycles. The van der Waals surface area contributed by atoms with Gasteiger partial charge in [-0.1, -0.05) is 6.04 Å². The molecule has 0 amide bonds. The highest BCUT2D eigenvalue weighted by Gasteiger charge is 2.08. The minimum Gasteiger partial charge on any atom is -0.357 e. The molecule has 0 radical (unpaired) electrons. The molecule has 0 heterocycles. The normalized spacial score (nSPS) is 14.5. The summed E-state index contributed by atoms with van der Waals surface area (Å²) in [5, 5.41) is 0. The lowest BCUT2D eigenvalue weighted by atomic mass is 10.3. The Balaban J connectivity index is 3.44. The third-order valence-electron chi connectivity index (χ3n) is 1.80. The average Bonchev–Trinajstić information content (AvgIpc) is 2.04. The van der Waals surface area contributed by atoms with E-state index in [2.05, 4.69) is 0 Å². The molecule has 1 unspecified atom stereocenters. The first-order valence-corrected chi connectivity index (χ1v) is 7.01. The van der Waals surface area contributed by atoms with Gasteiger partial charge in [0.1, 0.15) is 5.91 Å². The predicted octanol–water partition coefficient (Wildman–Crippen LogP) is 0.667. The number of ether oxygens (including phenoxy) is 2.